The molecule has 2 aromatic rings. The van der Waals surface area contributed by atoms with Gasteiger partial charge in [-0.25, -0.2) is 0 Å². The Morgan fingerprint density at radius 2 is 2.31 bits per heavy atom. The summed E-state index contributed by atoms with van der Waals surface area (Å²) in [5.41, 5.74) is 0.944. The Bertz CT molecular complexity index is 468. The third kappa shape index (κ3) is 2.58. The van der Waals surface area contributed by atoms with Crippen molar-refractivity contribution in [3.63, 3.8) is 0 Å². The summed E-state index contributed by atoms with van der Waals surface area (Å²) in [6.45, 7) is 0.587. The fourth-order valence-corrected chi connectivity index (χ4v) is 1.43. The van der Waals surface area contributed by atoms with Crippen LogP contribution in [0.4, 0.5) is 0 Å². The van der Waals surface area contributed by atoms with E-state index in [0.29, 0.717) is 24.7 Å². The average Bonchev–Trinajstić information content (AvgIpc) is 2.66. The molecule has 1 aromatic heterocycles. The average molecular weight is 219 g/mol. The largest absolute Gasteiger partial charge is 0.508 e. The summed E-state index contributed by atoms with van der Waals surface area (Å²) in [6, 6.07) is 7.00. The van der Waals surface area contributed by atoms with Crippen LogP contribution in [-0.4, -0.2) is 22.3 Å². The molecule has 5 heteroatoms. The van der Waals surface area contributed by atoms with Gasteiger partial charge in [0, 0.05) is 0 Å². The summed E-state index contributed by atoms with van der Waals surface area (Å²) in [4.78, 5) is 4.20. The van der Waals surface area contributed by atoms with E-state index in [-0.39, 0.29) is 5.75 Å². The van der Waals surface area contributed by atoms with Crippen LogP contribution in [0.5, 0.6) is 5.75 Å². The van der Waals surface area contributed by atoms with Crippen molar-refractivity contribution in [3.05, 3.63) is 41.5 Å². The zero-order valence-corrected chi connectivity index (χ0v) is 8.97. The molecule has 0 saturated heterocycles. The second-order valence-electron chi connectivity index (χ2n) is 3.48. The number of hydrogen-bond acceptors (Lipinski definition) is 5. The summed E-state index contributed by atoms with van der Waals surface area (Å²) in [7, 11) is 1.82. The molecule has 0 aliphatic rings. The van der Waals surface area contributed by atoms with E-state index in [1.165, 1.54) is 0 Å². The molecule has 1 heterocycles. The number of rotatable bonds is 4. The summed E-state index contributed by atoms with van der Waals surface area (Å²) in [6.07, 6.45) is 0.533. The lowest BCUT2D eigenvalue weighted by molar-refractivity contribution is 0.378. The lowest BCUT2D eigenvalue weighted by Gasteiger charge is -1.96. The zero-order chi connectivity index (χ0) is 11.4. The molecule has 0 atom stereocenters. The fraction of sp³-hybridized carbons (Fsp3) is 0.273. The maximum absolute atomic E-state index is 9.30. The van der Waals surface area contributed by atoms with Crippen molar-refractivity contribution in [2.75, 3.05) is 7.05 Å². The highest BCUT2D eigenvalue weighted by atomic mass is 16.5. The van der Waals surface area contributed by atoms with Gasteiger partial charge in [-0.15, -0.1) is 0 Å². The topological polar surface area (TPSA) is 71.2 Å². The third-order valence-electron chi connectivity index (χ3n) is 2.11. The van der Waals surface area contributed by atoms with Gasteiger partial charge in [-0.2, -0.15) is 4.98 Å². The van der Waals surface area contributed by atoms with Crippen LogP contribution in [0.15, 0.2) is 28.8 Å². The smallest absolute Gasteiger partial charge is 0.231 e. The standard InChI is InChI=1S/C11H13N3O2/c1-12-7-10-13-11(16-14-10)6-8-3-2-4-9(15)5-8/h2-5,12,15H,6-7H2,1H3. The molecule has 2 N–H and O–H groups in total. The van der Waals surface area contributed by atoms with E-state index in [2.05, 4.69) is 15.5 Å². The van der Waals surface area contributed by atoms with Gasteiger partial charge in [0.05, 0.1) is 13.0 Å². The van der Waals surface area contributed by atoms with Gasteiger partial charge >= 0.3 is 0 Å². The van der Waals surface area contributed by atoms with Crippen molar-refractivity contribution in [1.29, 1.82) is 0 Å². The number of phenolic OH excluding ortho intramolecular Hbond substituents is 1. The van der Waals surface area contributed by atoms with E-state index >= 15 is 0 Å². The van der Waals surface area contributed by atoms with Crippen LogP contribution in [0.2, 0.25) is 0 Å². The highest BCUT2D eigenvalue weighted by molar-refractivity contribution is 5.28. The molecule has 0 spiro atoms. The van der Waals surface area contributed by atoms with Gasteiger partial charge < -0.3 is 14.9 Å². The molecular formula is C11H13N3O2. The molecule has 5 nitrogen and oxygen atoms in total. The van der Waals surface area contributed by atoms with E-state index in [1.54, 1.807) is 18.2 Å². The molecule has 0 fully saturated rings. The Balaban J connectivity index is 2.08. The van der Waals surface area contributed by atoms with Crippen molar-refractivity contribution in [1.82, 2.24) is 15.5 Å². The maximum atomic E-state index is 9.30. The van der Waals surface area contributed by atoms with Crippen molar-refractivity contribution in [2.24, 2.45) is 0 Å². The summed E-state index contributed by atoms with van der Waals surface area (Å²) < 4.78 is 5.08. The minimum Gasteiger partial charge on any atom is -0.508 e. The molecule has 0 unspecified atom stereocenters. The highest BCUT2D eigenvalue weighted by Gasteiger charge is 2.06. The molecule has 16 heavy (non-hydrogen) atoms. The van der Waals surface area contributed by atoms with Gasteiger partial charge in [0.25, 0.3) is 0 Å². The predicted octanol–water partition coefficient (Wildman–Crippen LogP) is 1.09. The fourth-order valence-electron chi connectivity index (χ4n) is 1.43. The number of nitrogens with zero attached hydrogens (tertiary/aromatic N) is 2. The number of nitrogens with one attached hydrogen (secondary N) is 1. The van der Waals surface area contributed by atoms with Gasteiger partial charge in [0.2, 0.25) is 5.89 Å². The lowest BCUT2D eigenvalue weighted by atomic mass is 10.1. The first-order valence-electron chi connectivity index (χ1n) is 5.02. The van der Waals surface area contributed by atoms with E-state index in [0.717, 1.165) is 5.56 Å². The van der Waals surface area contributed by atoms with E-state index in [4.69, 9.17) is 4.52 Å². The Morgan fingerprint density at radius 3 is 3.06 bits per heavy atom. The Kier molecular flexibility index (Phi) is 3.16. The third-order valence-corrected chi connectivity index (χ3v) is 2.11. The molecule has 0 aliphatic heterocycles. The quantitative estimate of drug-likeness (QED) is 0.805. The SMILES string of the molecule is CNCc1noc(Cc2cccc(O)c2)n1. The van der Waals surface area contributed by atoms with E-state index in [1.807, 2.05) is 13.1 Å². The monoisotopic (exact) mass is 219 g/mol. The number of aromatic nitrogens is 2. The predicted molar refractivity (Wildman–Crippen MR) is 58.0 cm³/mol. The van der Waals surface area contributed by atoms with Crippen LogP contribution < -0.4 is 5.32 Å². The van der Waals surface area contributed by atoms with Gasteiger partial charge in [0.15, 0.2) is 5.82 Å². The van der Waals surface area contributed by atoms with Crippen LogP contribution in [0.1, 0.15) is 17.3 Å². The van der Waals surface area contributed by atoms with E-state index in [9.17, 15) is 5.11 Å². The normalized spacial score (nSPS) is 10.6. The minimum absolute atomic E-state index is 0.243. The van der Waals surface area contributed by atoms with Gasteiger partial charge in [0.1, 0.15) is 5.75 Å². The Labute approximate surface area is 93.1 Å². The molecule has 0 amide bonds. The molecule has 0 bridgehead atoms. The first-order chi connectivity index (χ1) is 7.78. The molecule has 0 aliphatic carbocycles. The summed E-state index contributed by atoms with van der Waals surface area (Å²) in [5.74, 6) is 1.43. The number of hydrogen-bond donors (Lipinski definition) is 2. The van der Waals surface area contributed by atoms with Crippen LogP contribution in [0, 0.1) is 0 Å². The summed E-state index contributed by atoms with van der Waals surface area (Å²) in [5, 5.41) is 16.1. The molecule has 0 radical (unpaired) electrons. The first-order valence-corrected chi connectivity index (χ1v) is 5.02. The van der Waals surface area contributed by atoms with Crippen molar-refractivity contribution < 1.29 is 9.63 Å². The molecule has 0 saturated carbocycles. The van der Waals surface area contributed by atoms with Gasteiger partial charge in [-0.05, 0) is 24.7 Å². The number of benzene rings is 1. The first kappa shape index (κ1) is 10.6. The van der Waals surface area contributed by atoms with Crippen LogP contribution >= 0.6 is 0 Å². The molecular weight excluding hydrogens is 206 g/mol. The van der Waals surface area contributed by atoms with E-state index < -0.39 is 0 Å². The second-order valence-corrected chi connectivity index (χ2v) is 3.48. The molecule has 84 valence electrons. The Morgan fingerprint density at radius 1 is 1.44 bits per heavy atom. The number of phenols is 1. The highest BCUT2D eigenvalue weighted by Crippen LogP contribution is 2.14. The van der Waals surface area contributed by atoms with Crippen LogP contribution in [0.25, 0.3) is 0 Å². The molecule has 1 aromatic carbocycles. The van der Waals surface area contributed by atoms with Crippen molar-refractivity contribution in [3.8, 4) is 5.75 Å². The Hall–Kier alpha value is -1.88. The number of aromatic hydroxyl groups is 1. The van der Waals surface area contributed by atoms with Crippen molar-refractivity contribution in [2.45, 2.75) is 13.0 Å². The lowest BCUT2D eigenvalue weighted by Crippen LogP contribution is -2.06. The van der Waals surface area contributed by atoms with Gasteiger partial charge in [-0.1, -0.05) is 17.3 Å². The zero-order valence-electron chi connectivity index (χ0n) is 8.97. The van der Waals surface area contributed by atoms with Crippen LogP contribution in [-0.2, 0) is 13.0 Å². The summed E-state index contributed by atoms with van der Waals surface area (Å²) >= 11 is 0. The van der Waals surface area contributed by atoms with Crippen LogP contribution in [0.3, 0.4) is 0 Å². The minimum atomic E-state index is 0.243. The maximum Gasteiger partial charge on any atom is 0.231 e. The van der Waals surface area contributed by atoms with Gasteiger partial charge in [-0.3, -0.25) is 0 Å². The molecule has 2 rings (SSSR count). The second kappa shape index (κ2) is 4.76. The van der Waals surface area contributed by atoms with Crippen molar-refractivity contribution >= 4 is 0 Å².